The second-order valence-electron chi connectivity index (χ2n) is 5.80. The quantitative estimate of drug-likeness (QED) is 0.670. The lowest BCUT2D eigenvalue weighted by molar-refractivity contribution is 0.167. The molecule has 0 amide bonds. The highest BCUT2D eigenvalue weighted by atomic mass is 35.5. The van der Waals surface area contributed by atoms with Crippen molar-refractivity contribution in [1.82, 2.24) is 10.2 Å². The second-order valence-corrected chi connectivity index (χ2v) is 7.36. The van der Waals surface area contributed by atoms with E-state index in [0.717, 1.165) is 37.6 Å². The number of hydrogen-bond donors (Lipinski definition) is 1. The molecule has 1 fully saturated rings. The van der Waals surface area contributed by atoms with Crippen molar-refractivity contribution in [2.45, 2.75) is 29.2 Å². The lowest BCUT2D eigenvalue weighted by atomic mass is 10.0. The first-order valence-corrected chi connectivity index (χ1v) is 9.44. The molecule has 0 spiro atoms. The fourth-order valence-electron chi connectivity index (χ4n) is 3.15. The molecule has 3 rings (SSSR count). The maximum absolute atomic E-state index is 6.00. The largest absolute Gasteiger partial charge is 0.314 e. The maximum atomic E-state index is 6.00. The molecule has 6 heteroatoms. The summed E-state index contributed by atoms with van der Waals surface area (Å²) in [6.07, 6.45) is 1.14. The van der Waals surface area contributed by atoms with Gasteiger partial charge >= 0.3 is 0 Å². The Labute approximate surface area is 172 Å². The average molecular weight is 420 g/mol. The molecule has 25 heavy (non-hydrogen) atoms. The predicted molar refractivity (Wildman–Crippen MR) is 114 cm³/mol. The van der Waals surface area contributed by atoms with Gasteiger partial charge in [-0.2, -0.15) is 0 Å². The summed E-state index contributed by atoms with van der Waals surface area (Å²) >= 11 is 7.83. The van der Waals surface area contributed by atoms with Gasteiger partial charge in [-0.25, -0.2) is 0 Å². The van der Waals surface area contributed by atoms with Gasteiger partial charge in [0.05, 0.1) is 0 Å². The van der Waals surface area contributed by atoms with Crippen LogP contribution in [0.15, 0.2) is 58.3 Å². The fourth-order valence-corrected chi connectivity index (χ4v) is 4.27. The van der Waals surface area contributed by atoms with Crippen molar-refractivity contribution in [1.29, 1.82) is 0 Å². The van der Waals surface area contributed by atoms with Gasteiger partial charge in [0.2, 0.25) is 0 Å². The molecule has 2 aromatic carbocycles. The van der Waals surface area contributed by atoms with Crippen molar-refractivity contribution in [3.05, 3.63) is 59.1 Å². The van der Waals surface area contributed by atoms with E-state index in [1.54, 1.807) is 0 Å². The van der Waals surface area contributed by atoms with E-state index in [0.29, 0.717) is 6.04 Å². The number of nitrogens with one attached hydrogen (secondary N) is 1. The van der Waals surface area contributed by atoms with Crippen molar-refractivity contribution in [2.75, 3.05) is 26.2 Å². The van der Waals surface area contributed by atoms with Crippen molar-refractivity contribution < 1.29 is 0 Å². The summed E-state index contributed by atoms with van der Waals surface area (Å²) in [6, 6.07) is 17.4. The van der Waals surface area contributed by atoms with Crippen LogP contribution >= 0.6 is 48.2 Å². The molecule has 0 aliphatic carbocycles. The zero-order chi connectivity index (χ0) is 16.1. The third kappa shape index (κ3) is 6.06. The van der Waals surface area contributed by atoms with Gasteiger partial charge in [-0.3, -0.25) is 4.90 Å². The summed E-state index contributed by atoms with van der Waals surface area (Å²) in [5.74, 6) is 0. The van der Waals surface area contributed by atoms with Gasteiger partial charge < -0.3 is 5.32 Å². The van der Waals surface area contributed by atoms with Crippen LogP contribution in [0.2, 0.25) is 5.02 Å². The maximum Gasteiger partial charge on any atom is 0.0406 e. The van der Waals surface area contributed by atoms with Crippen LogP contribution in [0.1, 0.15) is 24.9 Å². The first-order valence-electron chi connectivity index (χ1n) is 8.25. The van der Waals surface area contributed by atoms with Crippen molar-refractivity contribution in [2.24, 2.45) is 0 Å². The van der Waals surface area contributed by atoms with Crippen LogP contribution in [0.3, 0.4) is 0 Å². The molecule has 1 N–H and O–H groups in total. The Balaban J connectivity index is 0.00000156. The van der Waals surface area contributed by atoms with E-state index < -0.39 is 0 Å². The molecule has 0 saturated carbocycles. The highest BCUT2D eigenvalue weighted by Gasteiger charge is 2.22. The molecule has 1 aliphatic rings. The van der Waals surface area contributed by atoms with Gasteiger partial charge in [-0.1, -0.05) is 48.5 Å². The van der Waals surface area contributed by atoms with E-state index in [9.17, 15) is 0 Å². The first kappa shape index (κ1) is 22.6. The van der Waals surface area contributed by atoms with Gasteiger partial charge in [0.15, 0.2) is 0 Å². The van der Waals surface area contributed by atoms with Crippen molar-refractivity contribution in [3.8, 4) is 0 Å². The lowest BCUT2D eigenvalue weighted by Gasteiger charge is -2.35. The van der Waals surface area contributed by atoms with Gasteiger partial charge in [0.25, 0.3) is 0 Å². The Bertz CT molecular complexity index is 631. The van der Waals surface area contributed by atoms with Crippen molar-refractivity contribution in [3.63, 3.8) is 0 Å². The van der Waals surface area contributed by atoms with Crippen LogP contribution in [0.25, 0.3) is 0 Å². The SMILES string of the molecule is CC[C@H](c1ccccc1Sc1ccc(Cl)cc1)N1CCNCC1.Cl.Cl. The molecule has 0 aromatic heterocycles. The van der Waals surface area contributed by atoms with Gasteiger partial charge in [-0.15, -0.1) is 24.8 Å². The van der Waals surface area contributed by atoms with Crippen LogP contribution < -0.4 is 5.32 Å². The minimum atomic E-state index is 0. The molecule has 138 valence electrons. The summed E-state index contributed by atoms with van der Waals surface area (Å²) in [5.41, 5.74) is 1.44. The normalized spacial score (nSPS) is 15.8. The fraction of sp³-hybridized carbons (Fsp3) is 0.368. The zero-order valence-electron chi connectivity index (χ0n) is 14.3. The van der Waals surface area contributed by atoms with E-state index >= 15 is 0 Å². The Morgan fingerprint density at radius 3 is 2.32 bits per heavy atom. The van der Waals surface area contributed by atoms with Crippen LogP contribution in [0.4, 0.5) is 0 Å². The van der Waals surface area contributed by atoms with E-state index in [1.807, 2.05) is 23.9 Å². The third-order valence-electron chi connectivity index (χ3n) is 4.30. The van der Waals surface area contributed by atoms with E-state index in [1.165, 1.54) is 15.4 Å². The first-order chi connectivity index (χ1) is 11.3. The number of benzene rings is 2. The van der Waals surface area contributed by atoms with Crippen LogP contribution in [0.5, 0.6) is 0 Å². The Hall–Kier alpha value is -0.420. The molecule has 0 unspecified atom stereocenters. The lowest BCUT2D eigenvalue weighted by Crippen LogP contribution is -2.45. The number of rotatable bonds is 5. The zero-order valence-corrected chi connectivity index (χ0v) is 17.5. The molecule has 0 radical (unpaired) electrons. The highest BCUT2D eigenvalue weighted by Crippen LogP contribution is 2.36. The van der Waals surface area contributed by atoms with E-state index in [4.69, 9.17) is 11.6 Å². The molecule has 1 saturated heterocycles. The number of nitrogens with zero attached hydrogens (tertiary/aromatic N) is 1. The third-order valence-corrected chi connectivity index (χ3v) is 5.65. The van der Waals surface area contributed by atoms with Crippen LogP contribution in [-0.4, -0.2) is 31.1 Å². The summed E-state index contributed by atoms with van der Waals surface area (Å²) in [4.78, 5) is 5.19. The minimum absolute atomic E-state index is 0. The number of halogens is 3. The van der Waals surface area contributed by atoms with Gasteiger partial charge in [-0.05, 0) is 42.3 Å². The Kier molecular flexibility index (Phi) is 10.2. The van der Waals surface area contributed by atoms with Crippen LogP contribution in [0, 0.1) is 0 Å². The minimum Gasteiger partial charge on any atom is -0.314 e. The Morgan fingerprint density at radius 2 is 1.68 bits per heavy atom. The molecular weight excluding hydrogens is 395 g/mol. The predicted octanol–water partition coefficient (Wildman–Crippen LogP) is 5.69. The molecule has 2 nitrogen and oxygen atoms in total. The van der Waals surface area contributed by atoms with Gasteiger partial charge in [0, 0.05) is 47.0 Å². The summed E-state index contributed by atoms with van der Waals surface area (Å²) in [6.45, 7) is 6.71. The number of piperazine rings is 1. The smallest absolute Gasteiger partial charge is 0.0406 e. The standard InChI is InChI=1S/C19H23ClN2S.2ClH/c1-2-18(22-13-11-21-12-14-22)17-5-3-4-6-19(17)23-16-9-7-15(20)8-10-16;;/h3-10,18,21H,2,11-14H2,1H3;2*1H/t18-;;/m1../s1. The molecule has 1 aliphatic heterocycles. The van der Waals surface area contributed by atoms with E-state index in [2.05, 4.69) is 53.5 Å². The topological polar surface area (TPSA) is 15.3 Å². The summed E-state index contributed by atoms with van der Waals surface area (Å²) in [5, 5.41) is 4.23. The Morgan fingerprint density at radius 1 is 1.04 bits per heavy atom. The van der Waals surface area contributed by atoms with Crippen LogP contribution in [-0.2, 0) is 0 Å². The second kappa shape index (κ2) is 11.3. The van der Waals surface area contributed by atoms with Crippen molar-refractivity contribution >= 4 is 48.2 Å². The average Bonchev–Trinajstić information content (AvgIpc) is 2.60. The molecule has 1 heterocycles. The molecule has 0 bridgehead atoms. The molecular formula is C19H25Cl3N2S. The summed E-state index contributed by atoms with van der Waals surface area (Å²) < 4.78 is 0. The molecule has 2 aromatic rings. The summed E-state index contributed by atoms with van der Waals surface area (Å²) in [7, 11) is 0. The van der Waals surface area contributed by atoms with Gasteiger partial charge in [0.1, 0.15) is 0 Å². The molecule has 1 atom stereocenters. The monoisotopic (exact) mass is 418 g/mol. The van der Waals surface area contributed by atoms with E-state index in [-0.39, 0.29) is 24.8 Å². The number of hydrogen-bond acceptors (Lipinski definition) is 3. The highest BCUT2D eigenvalue weighted by molar-refractivity contribution is 7.99.